The highest BCUT2D eigenvalue weighted by molar-refractivity contribution is 7.97. The van der Waals surface area contributed by atoms with E-state index in [4.69, 9.17) is 4.74 Å². The van der Waals surface area contributed by atoms with Crippen LogP contribution < -0.4 is 0 Å². The molecule has 1 aromatic rings. The highest BCUT2D eigenvalue weighted by Gasteiger charge is 2.00. The summed E-state index contributed by atoms with van der Waals surface area (Å²) in [5.41, 5.74) is 0.981. The highest BCUT2D eigenvalue weighted by Crippen LogP contribution is 2.01. The number of ether oxygens (including phenoxy) is 1. The molecule has 0 aliphatic heterocycles. The Kier molecular flexibility index (Phi) is 4.24. The summed E-state index contributed by atoms with van der Waals surface area (Å²) in [7, 11) is 0. The van der Waals surface area contributed by atoms with Crippen LogP contribution in [-0.2, 0) is 11.2 Å². The van der Waals surface area contributed by atoms with Crippen LogP contribution in [0.1, 0.15) is 19.5 Å². The van der Waals surface area contributed by atoms with E-state index in [2.05, 4.69) is 10.3 Å². The molecule has 0 amide bonds. The Labute approximate surface area is 82.8 Å². The van der Waals surface area contributed by atoms with Crippen LogP contribution in [0.5, 0.6) is 0 Å². The molecule has 13 heavy (non-hydrogen) atoms. The van der Waals surface area contributed by atoms with E-state index in [1.165, 1.54) is 11.9 Å². The van der Waals surface area contributed by atoms with Crippen molar-refractivity contribution in [2.45, 2.75) is 26.4 Å². The standard InChI is InChI=1S/C8H15N3OS/c1-7(2)12-5-4-8-6-11(13-3)10-9-8/h6-7H,4-5H2,1-3H3. The molecular weight excluding hydrogens is 186 g/mol. The maximum atomic E-state index is 5.40. The predicted molar refractivity (Wildman–Crippen MR) is 53.7 cm³/mol. The predicted octanol–water partition coefficient (Wildman–Crippen LogP) is 1.37. The molecule has 0 atom stereocenters. The van der Waals surface area contributed by atoms with Crippen LogP contribution in [0.15, 0.2) is 6.20 Å². The lowest BCUT2D eigenvalue weighted by Gasteiger charge is -2.04. The van der Waals surface area contributed by atoms with Crippen LogP contribution >= 0.6 is 11.9 Å². The van der Waals surface area contributed by atoms with E-state index < -0.39 is 0 Å². The Balaban J connectivity index is 2.28. The molecule has 4 nitrogen and oxygen atoms in total. The third-order valence-electron chi connectivity index (χ3n) is 1.52. The molecule has 74 valence electrons. The summed E-state index contributed by atoms with van der Waals surface area (Å²) in [5, 5.41) is 7.90. The van der Waals surface area contributed by atoms with Crippen molar-refractivity contribution in [2.75, 3.05) is 12.9 Å². The van der Waals surface area contributed by atoms with Crippen molar-refractivity contribution in [3.8, 4) is 0 Å². The van der Waals surface area contributed by atoms with E-state index in [0.29, 0.717) is 6.61 Å². The van der Waals surface area contributed by atoms with Crippen molar-refractivity contribution < 1.29 is 4.74 Å². The van der Waals surface area contributed by atoms with Crippen LogP contribution in [0, 0.1) is 0 Å². The van der Waals surface area contributed by atoms with Gasteiger partial charge in [-0.05, 0) is 25.8 Å². The zero-order valence-corrected chi connectivity index (χ0v) is 9.04. The van der Waals surface area contributed by atoms with E-state index in [-0.39, 0.29) is 6.10 Å². The van der Waals surface area contributed by atoms with Crippen LogP contribution in [0.2, 0.25) is 0 Å². The zero-order valence-electron chi connectivity index (χ0n) is 8.23. The summed E-state index contributed by atoms with van der Waals surface area (Å²) >= 11 is 1.53. The molecule has 0 aromatic carbocycles. The summed E-state index contributed by atoms with van der Waals surface area (Å²) in [6, 6.07) is 0. The van der Waals surface area contributed by atoms with Gasteiger partial charge in [0.15, 0.2) is 0 Å². The second-order valence-corrected chi connectivity index (χ2v) is 3.70. The Morgan fingerprint density at radius 3 is 2.92 bits per heavy atom. The summed E-state index contributed by atoms with van der Waals surface area (Å²) in [6.45, 7) is 4.77. The fourth-order valence-electron chi connectivity index (χ4n) is 0.884. The molecule has 1 rings (SSSR count). The largest absolute Gasteiger partial charge is 0.378 e. The van der Waals surface area contributed by atoms with Gasteiger partial charge in [-0.25, -0.2) is 0 Å². The number of rotatable bonds is 5. The van der Waals surface area contributed by atoms with Crippen molar-refractivity contribution in [2.24, 2.45) is 0 Å². The molecule has 5 heteroatoms. The Morgan fingerprint density at radius 1 is 1.62 bits per heavy atom. The minimum Gasteiger partial charge on any atom is -0.378 e. The fraction of sp³-hybridized carbons (Fsp3) is 0.750. The first-order chi connectivity index (χ1) is 6.22. The van der Waals surface area contributed by atoms with Crippen LogP contribution in [0.3, 0.4) is 0 Å². The average Bonchev–Trinajstić information content (AvgIpc) is 2.52. The van der Waals surface area contributed by atoms with E-state index in [9.17, 15) is 0 Å². The lowest BCUT2D eigenvalue weighted by molar-refractivity contribution is 0.0809. The minimum absolute atomic E-state index is 0.288. The van der Waals surface area contributed by atoms with Gasteiger partial charge in [0.05, 0.1) is 24.6 Å². The molecular formula is C8H15N3OS. The molecule has 0 N–H and O–H groups in total. The first-order valence-electron chi connectivity index (χ1n) is 4.29. The number of aromatic nitrogens is 3. The molecule has 0 radical (unpaired) electrons. The molecule has 1 heterocycles. The SMILES string of the molecule is CSn1cc(CCOC(C)C)nn1. The quantitative estimate of drug-likeness (QED) is 0.721. The van der Waals surface area contributed by atoms with Crippen LogP contribution in [0.25, 0.3) is 0 Å². The molecule has 0 fully saturated rings. The molecule has 0 bridgehead atoms. The molecule has 0 saturated carbocycles. The second kappa shape index (κ2) is 5.24. The lowest BCUT2D eigenvalue weighted by Crippen LogP contribution is -2.06. The zero-order chi connectivity index (χ0) is 9.68. The Hall–Kier alpha value is -0.550. The maximum absolute atomic E-state index is 5.40. The summed E-state index contributed by atoms with van der Waals surface area (Å²) in [5.74, 6) is 0. The van der Waals surface area contributed by atoms with E-state index in [1.54, 1.807) is 4.09 Å². The highest BCUT2D eigenvalue weighted by atomic mass is 32.2. The van der Waals surface area contributed by atoms with Gasteiger partial charge in [0.25, 0.3) is 0 Å². The van der Waals surface area contributed by atoms with Gasteiger partial charge in [-0.15, -0.1) is 5.10 Å². The smallest absolute Gasteiger partial charge is 0.0861 e. The van der Waals surface area contributed by atoms with Gasteiger partial charge in [-0.3, -0.25) is 0 Å². The van der Waals surface area contributed by atoms with Crippen LogP contribution in [0.4, 0.5) is 0 Å². The molecule has 0 spiro atoms. The van der Waals surface area contributed by atoms with Crippen molar-refractivity contribution in [3.05, 3.63) is 11.9 Å². The van der Waals surface area contributed by atoms with Crippen molar-refractivity contribution in [3.63, 3.8) is 0 Å². The summed E-state index contributed by atoms with van der Waals surface area (Å²) < 4.78 is 7.15. The second-order valence-electron chi connectivity index (χ2n) is 2.96. The van der Waals surface area contributed by atoms with Crippen molar-refractivity contribution in [1.29, 1.82) is 0 Å². The van der Waals surface area contributed by atoms with Crippen molar-refractivity contribution in [1.82, 2.24) is 14.4 Å². The molecule has 1 aromatic heterocycles. The monoisotopic (exact) mass is 201 g/mol. The minimum atomic E-state index is 0.288. The van der Waals surface area contributed by atoms with Crippen molar-refractivity contribution >= 4 is 11.9 Å². The molecule has 0 aliphatic carbocycles. The Morgan fingerprint density at radius 2 is 2.38 bits per heavy atom. The van der Waals surface area contributed by atoms with Gasteiger partial charge in [0.2, 0.25) is 0 Å². The number of nitrogens with zero attached hydrogens (tertiary/aromatic N) is 3. The van der Waals surface area contributed by atoms with Crippen LogP contribution in [-0.4, -0.2) is 33.4 Å². The number of hydrogen-bond acceptors (Lipinski definition) is 4. The summed E-state index contributed by atoms with van der Waals surface area (Å²) in [6.07, 6.45) is 5.01. The topological polar surface area (TPSA) is 39.9 Å². The lowest BCUT2D eigenvalue weighted by atomic mass is 10.3. The summed E-state index contributed by atoms with van der Waals surface area (Å²) in [4.78, 5) is 0. The van der Waals surface area contributed by atoms with Gasteiger partial charge in [-0.2, -0.15) is 4.09 Å². The first kappa shape index (κ1) is 10.5. The average molecular weight is 201 g/mol. The van der Waals surface area contributed by atoms with Gasteiger partial charge < -0.3 is 4.74 Å². The van der Waals surface area contributed by atoms with Gasteiger partial charge in [-0.1, -0.05) is 5.21 Å². The van der Waals surface area contributed by atoms with Gasteiger partial charge >= 0.3 is 0 Å². The van der Waals surface area contributed by atoms with Gasteiger partial charge in [0.1, 0.15) is 0 Å². The third-order valence-corrected chi connectivity index (χ3v) is 2.07. The third kappa shape index (κ3) is 3.78. The molecule has 0 saturated heterocycles. The number of hydrogen-bond donors (Lipinski definition) is 0. The van der Waals surface area contributed by atoms with E-state index in [0.717, 1.165) is 12.1 Å². The van der Waals surface area contributed by atoms with E-state index in [1.807, 2.05) is 26.3 Å². The van der Waals surface area contributed by atoms with E-state index >= 15 is 0 Å². The normalized spacial score (nSPS) is 11.1. The maximum Gasteiger partial charge on any atom is 0.0861 e. The first-order valence-corrected chi connectivity index (χ1v) is 5.48. The molecule has 0 aliphatic rings. The van der Waals surface area contributed by atoms with Gasteiger partial charge in [0, 0.05) is 12.7 Å². The molecule has 0 unspecified atom stereocenters. The fourth-order valence-corrected chi connectivity index (χ4v) is 1.22. The Bertz CT molecular complexity index is 249.